The van der Waals surface area contributed by atoms with E-state index in [9.17, 15) is 0 Å². The summed E-state index contributed by atoms with van der Waals surface area (Å²) in [6.45, 7) is 0.763. The zero-order chi connectivity index (χ0) is 11.4. The number of aliphatic hydroxyl groups is 1. The summed E-state index contributed by atoms with van der Waals surface area (Å²) in [6.07, 6.45) is 7.48. The minimum absolute atomic E-state index is 0.0274. The van der Waals surface area contributed by atoms with Gasteiger partial charge in [-0.15, -0.1) is 0 Å². The molecule has 4 nitrogen and oxygen atoms in total. The largest absolute Gasteiger partial charge is 0.392 e. The molecule has 0 aliphatic carbocycles. The number of pyridine rings is 1. The smallest absolute Gasteiger partial charge is 0.0703 e. The van der Waals surface area contributed by atoms with E-state index in [1.54, 1.807) is 12.4 Å². The first kappa shape index (κ1) is 10.7. The third kappa shape index (κ3) is 2.41. The van der Waals surface area contributed by atoms with Crippen LogP contribution in [0.1, 0.15) is 11.1 Å². The second-order valence-electron chi connectivity index (χ2n) is 3.73. The van der Waals surface area contributed by atoms with Crippen LogP contribution >= 0.6 is 0 Å². The maximum absolute atomic E-state index is 9.15. The Bertz CT molecular complexity index is 465. The van der Waals surface area contributed by atoms with E-state index in [0.29, 0.717) is 0 Å². The highest BCUT2D eigenvalue weighted by Gasteiger charge is 2.01. The van der Waals surface area contributed by atoms with Crippen molar-refractivity contribution in [1.82, 2.24) is 9.55 Å². The van der Waals surface area contributed by atoms with Crippen molar-refractivity contribution in [2.24, 2.45) is 7.05 Å². The highest BCUT2D eigenvalue weighted by molar-refractivity contribution is 5.48. The summed E-state index contributed by atoms with van der Waals surface area (Å²) in [5.41, 5.74) is 2.95. The molecule has 84 valence electrons. The molecular formula is C12H15N3O. The molecule has 0 saturated carbocycles. The third-order valence-corrected chi connectivity index (χ3v) is 2.46. The molecule has 2 aromatic rings. The number of anilines is 1. The van der Waals surface area contributed by atoms with E-state index in [1.165, 1.54) is 5.56 Å². The van der Waals surface area contributed by atoms with E-state index in [0.717, 1.165) is 17.8 Å². The minimum atomic E-state index is 0.0274. The molecule has 0 radical (unpaired) electrons. The number of nitrogens with zero attached hydrogens (tertiary/aromatic N) is 2. The molecule has 2 heterocycles. The molecule has 2 aromatic heterocycles. The Kier molecular flexibility index (Phi) is 3.22. The monoisotopic (exact) mass is 217 g/mol. The molecule has 0 aliphatic rings. The van der Waals surface area contributed by atoms with E-state index >= 15 is 0 Å². The van der Waals surface area contributed by atoms with Gasteiger partial charge in [0.1, 0.15) is 0 Å². The van der Waals surface area contributed by atoms with Crippen LogP contribution in [0.4, 0.5) is 5.69 Å². The number of nitrogens with one attached hydrogen (secondary N) is 1. The van der Waals surface area contributed by atoms with Gasteiger partial charge in [-0.05, 0) is 17.7 Å². The summed E-state index contributed by atoms with van der Waals surface area (Å²) in [5, 5.41) is 12.4. The lowest BCUT2D eigenvalue weighted by atomic mass is 10.2. The van der Waals surface area contributed by atoms with Crippen LogP contribution in [0, 0.1) is 0 Å². The molecule has 0 spiro atoms. The SMILES string of the molecule is Cn1ccc(CNc2cnccc2CO)c1. The fourth-order valence-electron chi connectivity index (χ4n) is 1.58. The van der Waals surface area contributed by atoms with Crippen LogP contribution in [0.15, 0.2) is 36.9 Å². The topological polar surface area (TPSA) is 50.1 Å². The number of hydrogen-bond donors (Lipinski definition) is 2. The van der Waals surface area contributed by atoms with Crippen LogP contribution in [0.5, 0.6) is 0 Å². The van der Waals surface area contributed by atoms with Crippen LogP contribution in [-0.2, 0) is 20.2 Å². The van der Waals surface area contributed by atoms with Crippen molar-refractivity contribution in [2.75, 3.05) is 5.32 Å². The number of aryl methyl sites for hydroxylation is 1. The second kappa shape index (κ2) is 4.81. The fraction of sp³-hybridized carbons (Fsp3) is 0.250. The molecule has 0 atom stereocenters. The van der Waals surface area contributed by atoms with Crippen LogP contribution in [0.2, 0.25) is 0 Å². The summed E-state index contributed by atoms with van der Waals surface area (Å²) in [7, 11) is 1.99. The van der Waals surface area contributed by atoms with Gasteiger partial charge in [0, 0.05) is 37.7 Å². The molecule has 0 bridgehead atoms. The maximum atomic E-state index is 9.15. The first-order valence-electron chi connectivity index (χ1n) is 5.18. The predicted molar refractivity (Wildman–Crippen MR) is 62.9 cm³/mol. The lowest BCUT2D eigenvalue weighted by Gasteiger charge is -2.08. The van der Waals surface area contributed by atoms with Crippen molar-refractivity contribution in [2.45, 2.75) is 13.2 Å². The van der Waals surface area contributed by atoms with Crippen molar-refractivity contribution < 1.29 is 5.11 Å². The van der Waals surface area contributed by atoms with Crippen LogP contribution in [0.3, 0.4) is 0 Å². The second-order valence-corrected chi connectivity index (χ2v) is 3.73. The molecule has 0 unspecified atom stereocenters. The minimum Gasteiger partial charge on any atom is -0.392 e. The summed E-state index contributed by atoms with van der Waals surface area (Å²) < 4.78 is 2.01. The Morgan fingerprint density at radius 3 is 3.00 bits per heavy atom. The van der Waals surface area contributed by atoms with E-state index < -0.39 is 0 Å². The Morgan fingerprint density at radius 2 is 2.31 bits per heavy atom. The van der Waals surface area contributed by atoms with Gasteiger partial charge in [-0.1, -0.05) is 0 Å². The quantitative estimate of drug-likeness (QED) is 0.816. The van der Waals surface area contributed by atoms with Crippen molar-refractivity contribution in [3.63, 3.8) is 0 Å². The van der Waals surface area contributed by atoms with Gasteiger partial charge in [-0.2, -0.15) is 0 Å². The van der Waals surface area contributed by atoms with Gasteiger partial charge < -0.3 is 15.0 Å². The summed E-state index contributed by atoms with van der Waals surface area (Å²) in [4.78, 5) is 4.03. The van der Waals surface area contributed by atoms with Gasteiger partial charge in [-0.3, -0.25) is 4.98 Å². The Morgan fingerprint density at radius 1 is 1.44 bits per heavy atom. The molecule has 16 heavy (non-hydrogen) atoms. The molecular weight excluding hydrogens is 202 g/mol. The molecule has 2 rings (SSSR count). The average Bonchev–Trinajstić information content (AvgIpc) is 2.73. The normalized spacial score (nSPS) is 10.4. The average molecular weight is 217 g/mol. The lowest BCUT2D eigenvalue weighted by Crippen LogP contribution is -2.02. The first-order valence-corrected chi connectivity index (χ1v) is 5.18. The van der Waals surface area contributed by atoms with Crippen molar-refractivity contribution in [1.29, 1.82) is 0 Å². The van der Waals surface area contributed by atoms with Gasteiger partial charge in [0.2, 0.25) is 0 Å². The number of rotatable bonds is 4. The molecule has 0 aromatic carbocycles. The van der Waals surface area contributed by atoms with Crippen LogP contribution < -0.4 is 5.32 Å². The van der Waals surface area contributed by atoms with E-state index in [2.05, 4.69) is 22.6 Å². The van der Waals surface area contributed by atoms with Gasteiger partial charge in [0.25, 0.3) is 0 Å². The molecule has 0 amide bonds. The summed E-state index contributed by atoms with van der Waals surface area (Å²) in [5.74, 6) is 0. The van der Waals surface area contributed by atoms with Gasteiger partial charge >= 0.3 is 0 Å². The number of aliphatic hydroxyl groups excluding tert-OH is 1. The predicted octanol–water partition coefficient (Wildman–Crippen LogP) is 1.52. The number of aromatic nitrogens is 2. The summed E-state index contributed by atoms with van der Waals surface area (Å²) >= 11 is 0. The number of hydrogen-bond acceptors (Lipinski definition) is 3. The maximum Gasteiger partial charge on any atom is 0.0703 e. The first-order chi connectivity index (χ1) is 7.79. The van der Waals surface area contributed by atoms with E-state index in [4.69, 9.17) is 5.11 Å². The zero-order valence-electron chi connectivity index (χ0n) is 9.22. The summed E-state index contributed by atoms with van der Waals surface area (Å²) in [6, 6.07) is 3.87. The standard InChI is InChI=1S/C12H15N3O/c1-15-5-3-10(8-15)6-14-12-7-13-4-2-11(12)9-16/h2-5,7-8,14,16H,6,9H2,1H3. The molecule has 0 aliphatic heterocycles. The van der Waals surface area contributed by atoms with Crippen molar-refractivity contribution in [3.05, 3.63) is 48.0 Å². The Hall–Kier alpha value is -1.81. The Labute approximate surface area is 94.6 Å². The van der Waals surface area contributed by atoms with E-state index in [-0.39, 0.29) is 6.61 Å². The van der Waals surface area contributed by atoms with Crippen molar-refractivity contribution in [3.8, 4) is 0 Å². The molecule has 0 saturated heterocycles. The van der Waals surface area contributed by atoms with Gasteiger partial charge in [-0.25, -0.2) is 0 Å². The fourth-order valence-corrected chi connectivity index (χ4v) is 1.58. The lowest BCUT2D eigenvalue weighted by molar-refractivity contribution is 0.282. The zero-order valence-corrected chi connectivity index (χ0v) is 9.22. The molecule has 0 fully saturated rings. The highest BCUT2D eigenvalue weighted by atomic mass is 16.3. The molecule has 4 heteroatoms. The van der Waals surface area contributed by atoms with Crippen LogP contribution in [-0.4, -0.2) is 14.7 Å². The third-order valence-electron chi connectivity index (χ3n) is 2.46. The van der Waals surface area contributed by atoms with E-state index in [1.807, 2.05) is 23.9 Å². The van der Waals surface area contributed by atoms with Gasteiger partial charge in [0.15, 0.2) is 0 Å². The Balaban J connectivity index is 2.04. The highest BCUT2D eigenvalue weighted by Crippen LogP contribution is 2.14. The van der Waals surface area contributed by atoms with Gasteiger partial charge in [0.05, 0.1) is 18.5 Å². The van der Waals surface area contributed by atoms with Crippen molar-refractivity contribution >= 4 is 5.69 Å². The van der Waals surface area contributed by atoms with Crippen LogP contribution in [0.25, 0.3) is 0 Å². The molecule has 2 N–H and O–H groups in total.